The van der Waals surface area contributed by atoms with E-state index in [1.54, 1.807) is 11.8 Å². The van der Waals surface area contributed by atoms with E-state index in [2.05, 4.69) is 18.0 Å². The summed E-state index contributed by atoms with van der Waals surface area (Å²) in [6, 6.07) is 6.12. The topological polar surface area (TPSA) is 73.1 Å². The van der Waals surface area contributed by atoms with Gasteiger partial charge in [-0.1, -0.05) is 19.4 Å². The van der Waals surface area contributed by atoms with Crippen molar-refractivity contribution in [2.24, 2.45) is 4.99 Å². The van der Waals surface area contributed by atoms with Crippen LogP contribution in [0.15, 0.2) is 34.8 Å². The molecule has 0 atom stereocenters. The fourth-order valence-corrected chi connectivity index (χ4v) is 3.74. The lowest BCUT2D eigenvalue weighted by molar-refractivity contribution is 0.0966. The van der Waals surface area contributed by atoms with Gasteiger partial charge in [0.15, 0.2) is 0 Å². The maximum absolute atomic E-state index is 12.3. The summed E-state index contributed by atoms with van der Waals surface area (Å²) in [5, 5.41) is 1.87. The highest BCUT2D eigenvalue weighted by Gasteiger charge is 2.22. The Kier molecular flexibility index (Phi) is 6.86. The number of benzene rings is 1. The predicted octanol–water partition coefficient (Wildman–Crippen LogP) is 3.89. The van der Waals surface area contributed by atoms with Gasteiger partial charge in [0.1, 0.15) is 0 Å². The third-order valence-electron chi connectivity index (χ3n) is 4.51. The number of aromatic nitrogens is 1. The Morgan fingerprint density at radius 2 is 2.07 bits per heavy atom. The Morgan fingerprint density at radius 3 is 2.86 bits per heavy atom. The molecule has 0 N–H and O–H groups in total. The first-order chi connectivity index (χ1) is 13.6. The Morgan fingerprint density at radius 1 is 1.21 bits per heavy atom. The van der Waals surface area contributed by atoms with Crippen molar-refractivity contribution in [2.45, 2.75) is 39.7 Å². The fraction of sp³-hybridized carbons (Fsp3) is 0.450. The van der Waals surface area contributed by atoms with E-state index in [4.69, 9.17) is 9.47 Å². The average Bonchev–Trinajstić information content (AvgIpc) is 3.15. The van der Waals surface area contributed by atoms with Crippen LogP contribution in [0, 0.1) is 0 Å². The summed E-state index contributed by atoms with van der Waals surface area (Å²) in [7, 11) is 0. The second-order valence-corrected chi connectivity index (χ2v) is 7.33. The van der Waals surface area contributed by atoms with Crippen LogP contribution in [-0.4, -0.2) is 41.4 Å². The number of thiazole rings is 1. The van der Waals surface area contributed by atoms with E-state index in [9.17, 15) is 9.59 Å². The summed E-state index contributed by atoms with van der Waals surface area (Å²) in [4.78, 5) is 30.3. The van der Waals surface area contributed by atoms with Crippen molar-refractivity contribution in [3.8, 4) is 5.69 Å². The van der Waals surface area contributed by atoms with Gasteiger partial charge in [-0.2, -0.15) is 0 Å². The highest BCUT2D eigenvalue weighted by molar-refractivity contribution is 7.07. The molecule has 3 rings (SSSR count). The second kappa shape index (κ2) is 9.54. The smallest absolute Gasteiger partial charge is 0.436 e. The van der Waals surface area contributed by atoms with Crippen LogP contribution in [0.2, 0.25) is 0 Å². The monoisotopic (exact) mass is 403 g/mol. The molecule has 0 saturated heterocycles. The summed E-state index contributed by atoms with van der Waals surface area (Å²) in [5.74, 6) is 0. The molecule has 7 nitrogen and oxygen atoms in total. The van der Waals surface area contributed by atoms with E-state index in [1.165, 1.54) is 16.9 Å². The fourth-order valence-electron chi connectivity index (χ4n) is 3.03. The maximum Gasteiger partial charge on any atom is 0.436 e. The van der Waals surface area contributed by atoms with Crippen LogP contribution >= 0.6 is 11.3 Å². The molecule has 150 valence electrons. The molecule has 2 aromatic rings. The maximum atomic E-state index is 12.3. The number of fused-ring (bicyclic) bond motifs is 1. The van der Waals surface area contributed by atoms with Gasteiger partial charge in [-0.15, -0.1) is 16.3 Å². The number of unbranched alkanes of at least 4 members (excludes halogenated alkanes) is 1. The minimum Gasteiger partial charge on any atom is -0.449 e. The predicted molar refractivity (Wildman–Crippen MR) is 107 cm³/mol. The van der Waals surface area contributed by atoms with Gasteiger partial charge < -0.3 is 14.4 Å². The van der Waals surface area contributed by atoms with Crippen LogP contribution in [0.5, 0.6) is 0 Å². The van der Waals surface area contributed by atoms with Crippen LogP contribution in [0.3, 0.4) is 0 Å². The van der Waals surface area contributed by atoms with Crippen LogP contribution in [0.25, 0.3) is 5.69 Å². The molecule has 0 saturated carbocycles. The number of carbonyl (C=O) groups excluding carboxylic acids is 2. The number of amides is 2. The quantitative estimate of drug-likeness (QED) is 0.710. The first-order valence-electron chi connectivity index (χ1n) is 9.54. The number of ether oxygens (including phenoxy) is 2. The van der Waals surface area contributed by atoms with Crippen LogP contribution in [-0.2, 0) is 22.4 Å². The van der Waals surface area contributed by atoms with E-state index < -0.39 is 6.09 Å². The number of hydrogen-bond acceptors (Lipinski definition) is 5. The Hall–Kier alpha value is -2.61. The van der Waals surface area contributed by atoms with Crippen LogP contribution in [0.1, 0.15) is 37.8 Å². The molecule has 0 fully saturated rings. The van der Waals surface area contributed by atoms with Gasteiger partial charge in [-0.05, 0) is 43.0 Å². The minimum atomic E-state index is -0.599. The first-order valence-corrected chi connectivity index (χ1v) is 10.4. The molecule has 2 amide bonds. The summed E-state index contributed by atoms with van der Waals surface area (Å²) < 4.78 is 12.1. The Labute approximate surface area is 168 Å². The summed E-state index contributed by atoms with van der Waals surface area (Å²) in [6.07, 6.45) is 3.68. The summed E-state index contributed by atoms with van der Waals surface area (Å²) >= 11 is 1.36. The van der Waals surface area contributed by atoms with Crippen LogP contribution < -0.4 is 4.80 Å². The first kappa shape index (κ1) is 20.1. The van der Waals surface area contributed by atoms with Crippen molar-refractivity contribution in [3.05, 3.63) is 45.7 Å². The molecule has 0 spiro atoms. The number of carbonyl (C=O) groups is 2. The normalized spacial score (nSPS) is 13.9. The molecular weight excluding hydrogens is 378 g/mol. The van der Waals surface area contributed by atoms with Crippen molar-refractivity contribution in [1.82, 2.24) is 9.47 Å². The van der Waals surface area contributed by atoms with Crippen LogP contribution in [0.4, 0.5) is 9.59 Å². The molecule has 0 radical (unpaired) electrons. The molecule has 0 aliphatic carbocycles. The van der Waals surface area contributed by atoms with E-state index in [-0.39, 0.29) is 12.7 Å². The summed E-state index contributed by atoms with van der Waals surface area (Å²) in [6.45, 7) is 5.74. The van der Waals surface area contributed by atoms with Crippen molar-refractivity contribution in [2.75, 3.05) is 19.8 Å². The molecule has 1 aliphatic heterocycles. The average molecular weight is 404 g/mol. The van der Waals surface area contributed by atoms with Gasteiger partial charge >= 0.3 is 12.2 Å². The lowest BCUT2D eigenvalue weighted by Crippen LogP contribution is -2.36. The molecule has 8 heteroatoms. The van der Waals surface area contributed by atoms with Crippen molar-refractivity contribution < 1.29 is 19.1 Å². The van der Waals surface area contributed by atoms with Gasteiger partial charge in [0, 0.05) is 30.4 Å². The highest BCUT2D eigenvalue weighted by atomic mass is 32.1. The Balaban J connectivity index is 1.80. The molecule has 1 aromatic heterocycles. The van der Waals surface area contributed by atoms with Gasteiger partial charge in [0.05, 0.1) is 13.2 Å². The van der Waals surface area contributed by atoms with Crippen molar-refractivity contribution in [3.63, 3.8) is 0 Å². The van der Waals surface area contributed by atoms with Gasteiger partial charge in [0.25, 0.3) is 0 Å². The van der Waals surface area contributed by atoms with E-state index in [0.717, 1.165) is 30.5 Å². The lowest BCUT2D eigenvalue weighted by atomic mass is 9.99. The SMILES string of the molecule is CCCCOC(=O)N1CCc2ccc(-n3ccsc3=NC(=O)OCC)cc2C1. The van der Waals surface area contributed by atoms with Gasteiger partial charge in [-0.3, -0.25) is 4.57 Å². The largest absolute Gasteiger partial charge is 0.449 e. The number of rotatable bonds is 5. The standard InChI is InChI=1S/C20H25N3O4S/c1-3-5-11-27-20(25)22-9-8-15-6-7-17(13-16(15)14-22)23-10-12-28-18(23)21-19(24)26-4-2/h6-7,10,12-13H,3-5,8-9,11,14H2,1-2H3. The zero-order chi connectivity index (χ0) is 19.9. The molecule has 0 bridgehead atoms. The molecular formula is C20H25N3O4S. The molecule has 0 unspecified atom stereocenters. The van der Waals surface area contributed by atoms with Gasteiger partial charge in [0.2, 0.25) is 4.80 Å². The van der Waals surface area contributed by atoms with E-state index in [0.29, 0.717) is 24.5 Å². The molecule has 1 aliphatic rings. The van der Waals surface area contributed by atoms with E-state index in [1.807, 2.05) is 28.3 Å². The molecule has 28 heavy (non-hydrogen) atoms. The second-order valence-electron chi connectivity index (χ2n) is 6.46. The minimum absolute atomic E-state index is 0.259. The van der Waals surface area contributed by atoms with Crippen molar-refractivity contribution >= 4 is 23.5 Å². The molecule has 2 heterocycles. The third kappa shape index (κ3) is 4.81. The lowest BCUT2D eigenvalue weighted by Gasteiger charge is -2.28. The van der Waals surface area contributed by atoms with E-state index >= 15 is 0 Å². The summed E-state index contributed by atoms with van der Waals surface area (Å²) in [5.41, 5.74) is 3.20. The highest BCUT2D eigenvalue weighted by Crippen LogP contribution is 2.22. The number of nitrogens with zero attached hydrogens (tertiary/aromatic N) is 3. The zero-order valence-electron chi connectivity index (χ0n) is 16.2. The van der Waals surface area contributed by atoms with Gasteiger partial charge in [-0.25, -0.2) is 9.59 Å². The Bertz CT molecular complexity index is 903. The molecule has 1 aromatic carbocycles. The zero-order valence-corrected chi connectivity index (χ0v) is 17.0. The van der Waals surface area contributed by atoms with Crippen molar-refractivity contribution in [1.29, 1.82) is 0 Å². The number of hydrogen-bond donors (Lipinski definition) is 0. The third-order valence-corrected chi connectivity index (χ3v) is 5.26.